The number of nitriles is 1. The van der Waals surface area contributed by atoms with E-state index < -0.39 is 5.82 Å². The summed E-state index contributed by atoms with van der Waals surface area (Å²) in [6.07, 6.45) is 0. The van der Waals surface area contributed by atoms with Gasteiger partial charge in [-0.25, -0.2) is 4.39 Å². The number of benzene rings is 1. The predicted molar refractivity (Wildman–Crippen MR) is 66.1 cm³/mol. The molecule has 19 heavy (non-hydrogen) atoms. The molecule has 2 aromatic rings. The number of nitroso groups, excluding NO2 is 1. The van der Waals surface area contributed by atoms with Crippen molar-refractivity contribution in [1.82, 2.24) is 5.10 Å². The van der Waals surface area contributed by atoms with E-state index in [0.29, 0.717) is 29.2 Å². The molecule has 0 aliphatic rings. The van der Waals surface area contributed by atoms with Gasteiger partial charge in [0.2, 0.25) is 11.4 Å². The summed E-state index contributed by atoms with van der Waals surface area (Å²) in [5.41, 5.74) is 2.44. The van der Waals surface area contributed by atoms with E-state index in [0.717, 1.165) is 0 Å². The molecule has 0 saturated carbocycles. The Labute approximate surface area is 109 Å². The van der Waals surface area contributed by atoms with Crippen molar-refractivity contribution in [2.24, 2.45) is 5.18 Å². The number of aromatic amines is 1. The van der Waals surface area contributed by atoms with Crippen molar-refractivity contribution in [2.45, 2.75) is 20.4 Å². The average molecular weight is 259 g/mol. The fourth-order valence-corrected chi connectivity index (χ4v) is 1.96. The van der Waals surface area contributed by atoms with Crippen molar-refractivity contribution in [3.63, 3.8) is 0 Å². The summed E-state index contributed by atoms with van der Waals surface area (Å²) < 4.78 is 15.2. The van der Waals surface area contributed by atoms with Gasteiger partial charge in [0, 0.05) is 12.5 Å². The highest BCUT2D eigenvalue weighted by Gasteiger charge is 2.20. The van der Waals surface area contributed by atoms with Crippen molar-refractivity contribution in [3.05, 3.63) is 51.4 Å². The Morgan fingerprint density at radius 3 is 2.74 bits per heavy atom. The van der Waals surface area contributed by atoms with Gasteiger partial charge in [-0.3, -0.25) is 0 Å². The van der Waals surface area contributed by atoms with Crippen molar-refractivity contribution < 1.29 is 9.07 Å². The number of halogens is 1. The first-order valence-corrected chi connectivity index (χ1v) is 5.67. The Balaban J connectivity index is 2.34. The molecule has 0 radical (unpaired) electrons. The van der Waals surface area contributed by atoms with E-state index in [1.807, 2.05) is 0 Å². The Morgan fingerprint density at radius 1 is 1.47 bits per heavy atom. The standard InChI is InChI=1S/C13H11FN4O/c1-8-13(17-19)9(2)18(16-8)7-10-3-4-11(6-15)12(14)5-10/h3-5H,7H2,1-2H3/p+1. The number of nitrogens with one attached hydrogen (secondary N) is 1. The summed E-state index contributed by atoms with van der Waals surface area (Å²) >= 11 is 0. The lowest BCUT2D eigenvalue weighted by molar-refractivity contribution is -0.747. The summed E-state index contributed by atoms with van der Waals surface area (Å²) in [7, 11) is 0. The lowest BCUT2D eigenvalue weighted by Gasteiger charge is -1.98. The van der Waals surface area contributed by atoms with Gasteiger partial charge in [0.05, 0.1) is 5.56 Å². The maximum absolute atomic E-state index is 13.5. The molecule has 0 spiro atoms. The highest BCUT2D eigenvalue weighted by Crippen LogP contribution is 2.18. The SMILES string of the molecule is Cc1[nH][n+](Cc2ccc(C#N)c(F)c2)c(C)c1N=O. The van der Waals surface area contributed by atoms with Crippen LogP contribution in [-0.2, 0) is 6.54 Å². The first-order chi connectivity index (χ1) is 9.06. The van der Waals surface area contributed by atoms with Gasteiger partial charge in [0.25, 0.3) is 0 Å². The van der Waals surface area contributed by atoms with E-state index in [1.165, 1.54) is 12.1 Å². The van der Waals surface area contributed by atoms with Crippen LogP contribution in [0.25, 0.3) is 0 Å². The smallest absolute Gasteiger partial charge is 0.206 e. The van der Waals surface area contributed by atoms with Crippen molar-refractivity contribution >= 4 is 5.69 Å². The van der Waals surface area contributed by atoms with E-state index >= 15 is 0 Å². The van der Waals surface area contributed by atoms with Gasteiger partial charge in [-0.1, -0.05) is 6.07 Å². The molecule has 6 heteroatoms. The Morgan fingerprint density at radius 2 is 2.21 bits per heavy atom. The monoisotopic (exact) mass is 259 g/mol. The summed E-state index contributed by atoms with van der Waals surface area (Å²) in [5, 5.41) is 14.6. The Kier molecular flexibility index (Phi) is 3.38. The average Bonchev–Trinajstić information content (AvgIpc) is 2.64. The van der Waals surface area contributed by atoms with Crippen molar-refractivity contribution in [3.8, 4) is 6.07 Å². The van der Waals surface area contributed by atoms with Gasteiger partial charge in [0.15, 0.2) is 6.54 Å². The van der Waals surface area contributed by atoms with Crippen LogP contribution in [0.2, 0.25) is 0 Å². The number of H-pyrrole nitrogens is 1. The first kappa shape index (κ1) is 12.9. The normalized spacial score (nSPS) is 10.2. The van der Waals surface area contributed by atoms with Gasteiger partial charge in [-0.2, -0.15) is 10.4 Å². The number of hydrogen-bond acceptors (Lipinski definition) is 3. The van der Waals surface area contributed by atoms with Crippen molar-refractivity contribution in [2.75, 3.05) is 0 Å². The molecular formula is C13H12FN4O+. The number of aromatic nitrogens is 2. The molecule has 96 valence electrons. The maximum Gasteiger partial charge on any atom is 0.234 e. The molecule has 0 unspecified atom stereocenters. The van der Waals surface area contributed by atoms with Crippen LogP contribution in [0.15, 0.2) is 23.4 Å². The van der Waals surface area contributed by atoms with Gasteiger partial charge in [-0.05, 0) is 24.2 Å². The minimum absolute atomic E-state index is 0.0170. The molecule has 1 aromatic heterocycles. The van der Waals surface area contributed by atoms with Crippen LogP contribution >= 0.6 is 0 Å². The summed E-state index contributed by atoms with van der Waals surface area (Å²) in [5.74, 6) is -0.546. The summed E-state index contributed by atoms with van der Waals surface area (Å²) in [6.45, 7) is 3.89. The second kappa shape index (κ2) is 4.98. The van der Waals surface area contributed by atoms with Crippen LogP contribution in [0.5, 0.6) is 0 Å². The predicted octanol–water partition coefficient (Wildman–Crippen LogP) is 2.38. The van der Waals surface area contributed by atoms with Crippen molar-refractivity contribution in [1.29, 1.82) is 5.26 Å². The molecule has 0 saturated heterocycles. The van der Waals surface area contributed by atoms with E-state index in [2.05, 4.69) is 10.3 Å². The van der Waals surface area contributed by atoms with Crippen LogP contribution in [0, 0.1) is 35.9 Å². The minimum atomic E-state index is -0.546. The number of hydrogen-bond donors (Lipinski definition) is 1. The van der Waals surface area contributed by atoms with E-state index in [4.69, 9.17) is 5.26 Å². The van der Waals surface area contributed by atoms with Crippen LogP contribution in [0.3, 0.4) is 0 Å². The zero-order valence-electron chi connectivity index (χ0n) is 10.6. The fourth-order valence-electron chi connectivity index (χ4n) is 1.96. The van der Waals surface area contributed by atoms with E-state index in [-0.39, 0.29) is 5.56 Å². The number of aryl methyl sites for hydroxylation is 1. The third kappa shape index (κ3) is 2.36. The van der Waals surface area contributed by atoms with E-state index in [1.54, 1.807) is 30.7 Å². The maximum atomic E-state index is 13.5. The minimum Gasteiger partial charge on any atom is -0.206 e. The second-order valence-corrected chi connectivity index (χ2v) is 4.27. The fraction of sp³-hybridized carbons (Fsp3) is 0.231. The molecule has 0 aliphatic carbocycles. The van der Waals surface area contributed by atoms with Crippen LogP contribution in [0.4, 0.5) is 10.1 Å². The van der Waals surface area contributed by atoms with Gasteiger partial charge in [0.1, 0.15) is 17.6 Å². The third-order valence-electron chi connectivity index (χ3n) is 2.99. The Bertz CT molecular complexity index is 685. The topological polar surface area (TPSA) is 72.9 Å². The molecule has 0 atom stereocenters. The molecular weight excluding hydrogens is 247 g/mol. The van der Waals surface area contributed by atoms with Crippen LogP contribution < -0.4 is 4.68 Å². The molecule has 5 nitrogen and oxygen atoms in total. The molecule has 1 N–H and O–H groups in total. The summed E-state index contributed by atoms with van der Waals surface area (Å²) in [6, 6.07) is 6.21. The molecule has 0 fully saturated rings. The molecule has 0 bridgehead atoms. The molecule has 0 amide bonds. The Hall–Kier alpha value is -2.55. The van der Waals surface area contributed by atoms with Gasteiger partial charge in [-0.15, -0.1) is 9.59 Å². The molecule has 2 rings (SSSR count). The quantitative estimate of drug-likeness (QED) is 0.678. The van der Waals surface area contributed by atoms with Gasteiger partial charge >= 0.3 is 0 Å². The van der Waals surface area contributed by atoms with Crippen LogP contribution in [-0.4, -0.2) is 5.10 Å². The van der Waals surface area contributed by atoms with E-state index in [9.17, 15) is 9.30 Å². The second-order valence-electron chi connectivity index (χ2n) is 4.27. The number of rotatable bonds is 3. The summed E-state index contributed by atoms with van der Waals surface area (Å²) in [4.78, 5) is 10.7. The highest BCUT2D eigenvalue weighted by atomic mass is 19.1. The zero-order chi connectivity index (χ0) is 14.0. The highest BCUT2D eigenvalue weighted by molar-refractivity contribution is 5.42. The molecule has 1 heterocycles. The zero-order valence-corrected chi connectivity index (χ0v) is 10.6. The number of nitrogens with zero attached hydrogens (tertiary/aromatic N) is 3. The van der Waals surface area contributed by atoms with Crippen LogP contribution in [0.1, 0.15) is 22.5 Å². The largest absolute Gasteiger partial charge is 0.234 e. The lowest BCUT2D eigenvalue weighted by Crippen LogP contribution is -2.38. The molecule has 1 aromatic carbocycles. The third-order valence-corrected chi connectivity index (χ3v) is 2.99. The first-order valence-electron chi connectivity index (χ1n) is 5.67. The molecule has 0 aliphatic heterocycles. The lowest BCUT2D eigenvalue weighted by atomic mass is 10.1. The van der Waals surface area contributed by atoms with Gasteiger partial charge < -0.3 is 0 Å².